The van der Waals surface area contributed by atoms with Crippen LogP contribution < -0.4 is 10.6 Å². The smallest absolute Gasteiger partial charge is 0.326 e. The Hall–Kier alpha value is -2.65. The number of carbonyl (C=O) groups excluding carboxylic acids is 2. The third-order valence-electron chi connectivity index (χ3n) is 2.35. The van der Waals surface area contributed by atoms with E-state index >= 15 is 0 Å². The van der Waals surface area contributed by atoms with E-state index in [1.54, 1.807) is 0 Å². The Labute approximate surface area is 119 Å². The first-order chi connectivity index (χ1) is 9.63. The van der Waals surface area contributed by atoms with Crippen molar-refractivity contribution in [3.05, 3.63) is 0 Å². The molecular weight excluding hydrogens is 288 g/mol. The topological polar surface area (TPSA) is 170 Å². The summed E-state index contributed by atoms with van der Waals surface area (Å²) >= 11 is 0. The van der Waals surface area contributed by atoms with Crippen LogP contribution in [0.5, 0.6) is 0 Å². The van der Waals surface area contributed by atoms with Crippen molar-refractivity contribution in [2.45, 2.75) is 38.3 Å². The zero-order valence-electron chi connectivity index (χ0n) is 11.2. The number of carboxylic acid groups (broad SMARTS) is 3. The molecule has 0 spiro atoms. The Morgan fingerprint density at radius 2 is 1.43 bits per heavy atom. The minimum absolute atomic E-state index is 0.339. The number of hydrogen-bond acceptors (Lipinski definition) is 5. The van der Waals surface area contributed by atoms with Crippen LogP contribution in [0.4, 0.5) is 0 Å². The Bertz CT molecular complexity index is 448. The van der Waals surface area contributed by atoms with Crippen molar-refractivity contribution < 1.29 is 39.3 Å². The summed E-state index contributed by atoms with van der Waals surface area (Å²) in [6, 6.07) is -2.93. The summed E-state index contributed by atoms with van der Waals surface area (Å²) in [5, 5.41) is 30.1. The number of amides is 2. The number of hydrogen-bond donors (Lipinski definition) is 5. The molecule has 0 fully saturated rings. The second-order valence-electron chi connectivity index (χ2n) is 4.19. The van der Waals surface area contributed by atoms with Crippen LogP contribution in [0, 0.1) is 0 Å². The molecule has 0 aromatic carbocycles. The van der Waals surface area contributed by atoms with Crippen LogP contribution >= 0.6 is 0 Å². The van der Waals surface area contributed by atoms with E-state index < -0.39 is 54.6 Å². The van der Waals surface area contributed by atoms with E-state index in [-0.39, 0.29) is 6.42 Å². The van der Waals surface area contributed by atoms with Crippen molar-refractivity contribution in [3.8, 4) is 0 Å². The molecule has 21 heavy (non-hydrogen) atoms. The molecule has 0 saturated heterocycles. The zero-order chi connectivity index (χ0) is 16.6. The Morgan fingerprint density at radius 3 is 1.81 bits per heavy atom. The number of nitrogens with one attached hydrogen (secondary N) is 2. The maximum atomic E-state index is 11.6. The van der Waals surface area contributed by atoms with Crippen LogP contribution in [-0.2, 0) is 24.0 Å². The summed E-state index contributed by atoms with van der Waals surface area (Å²) in [5.74, 6) is -5.68. The lowest BCUT2D eigenvalue weighted by Crippen LogP contribution is -2.47. The molecular formula is C11H16N2O8. The molecule has 0 aromatic heterocycles. The molecule has 0 aliphatic heterocycles. The molecule has 0 bridgehead atoms. The molecule has 0 aliphatic rings. The van der Waals surface area contributed by atoms with Crippen LogP contribution in [0.25, 0.3) is 0 Å². The van der Waals surface area contributed by atoms with Crippen molar-refractivity contribution >= 4 is 29.7 Å². The highest BCUT2D eigenvalue weighted by Gasteiger charge is 2.26. The van der Waals surface area contributed by atoms with Crippen LogP contribution in [0.1, 0.15) is 26.2 Å². The number of rotatable bonds is 9. The fourth-order valence-corrected chi connectivity index (χ4v) is 1.41. The predicted molar refractivity (Wildman–Crippen MR) is 66.3 cm³/mol. The highest BCUT2D eigenvalue weighted by Crippen LogP contribution is 2.00. The molecule has 10 nitrogen and oxygen atoms in total. The van der Waals surface area contributed by atoms with Crippen LogP contribution in [0.2, 0.25) is 0 Å². The van der Waals surface area contributed by atoms with Gasteiger partial charge in [-0.15, -0.1) is 0 Å². The second-order valence-corrected chi connectivity index (χ2v) is 4.19. The summed E-state index contributed by atoms with van der Waals surface area (Å²) in [5.41, 5.74) is 0. The third kappa shape index (κ3) is 8.18. The van der Waals surface area contributed by atoms with E-state index in [0.29, 0.717) is 0 Å². The fraction of sp³-hybridized carbons (Fsp3) is 0.545. The first-order valence-corrected chi connectivity index (χ1v) is 5.87. The summed E-state index contributed by atoms with van der Waals surface area (Å²) < 4.78 is 0. The maximum absolute atomic E-state index is 11.6. The van der Waals surface area contributed by atoms with Gasteiger partial charge >= 0.3 is 17.9 Å². The molecule has 0 aliphatic carbocycles. The van der Waals surface area contributed by atoms with Gasteiger partial charge in [-0.05, 0) is 6.42 Å². The summed E-state index contributed by atoms with van der Waals surface area (Å²) in [4.78, 5) is 54.4. The van der Waals surface area contributed by atoms with Crippen molar-refractivity contribution in [1.29, 1.82) is 0 Å². The summed E-state index contributed by atoms with van der Waals surface area (Å²) in [7, 11) is 0. The highest BCUT2D eigenvalue weighted by atomic mass is 16.4. The van der Waals surface area contributed by atoms with E-state index in [1.807, 2.05) is 10.6 Å². The Balaban J connectivity index is 4.60. The van der Waals surface area contributed by atoms with Gasteiger partial charge in [-0.3, -0.25) is 14.4 Å². The minimum Gasteiger partial charge on any atom is -0.481 e. The van der Waals surface area contributed by atoms with Gasteiger partial charge in [0.15, 0.2) is 0 Å². The van der Waals surface area contributed by atoms with Gasteiger partial charge in [0.1, 0.15) is 12.1 Å². The van der Waals surface area contributed by atoms with Crippen molar-refractivity contribution in [1.82, 2.24) is 10.6 Å². The molecule has 5 N–H and O–H groups in total. The number of carboxylic acids is 3. The lowest BCUT2D eigenvalue weighted by molar-refractivity contribution is -0.144. The molecule has 10 heteroatoms. The van der Waals surface area contributed by atoms with Crippen LogP contribution in [0.3, 0.4) is 0 Å². The standard InChI is InChI=1S/C11H16N2O8/c1-5(14)12-7(11(20)21)4-8(15)13-6(10(18)19)2-3-9(16)17/h6-7H,2-4H2,1H3,(H,12,14)(H,13,15)(H,16,17)(H,18,19)(H,20,21)/t6-,7-/m1/s1. The van der Waals surface area contributed by atoms with Gasteiger partial charge in [0.25, 0.3) is 0 Å². The lowest BCUT2D eigenvalue weighted by Gasteiger charge is -2.16. The van der Waals surface area contributed by atoms with E-state index in [9.17, 15) is 24.0 Å². The highest BCUT2D eigenvalue weighted by molar-refractivity contribution is 5.90. The molecule has 2 atom stereocenters. The predicted octanol–water partition coefficient (Wildman–Crippen LogP) is -1.60. The first-order valence-electron chi connectivity index (χ1n) is 5.87. The van der Waals surface area contributed by atoms with E-state index in [4.69, 9.17) is 15.3 Å². The Kier molecular flexibility index (Phi) is 7.43. The minimum atomic E-state index is -1.49. The maximum Gasteiger partial charge on any atom is 0.326 e. The second kappa shape index (κ2) is 8.51. The average molecular weight is 304 g/mol. The van der Waals surface area contributed by atoms with Gasteiger partial charge in [-0.1, -0.05) is 0 Å². The average Bonchev–Trinajstić information content (AvgIpc) is 2.32. The first kappa shape index (κ1) is 18.4. The van der Waals surface area contributed by atoms with Crippen LogP contribution in [-0.4, -0.2) is 57.1 Å². The van der Waals surface area contributed by atoms with Crippen molar-refractivity contribution in [2.75, 3.05) is 0 Å². The normalized spacial score (nSPS) is 12.8. The van der Waals surface area contributed by atoms with Gasteiger partial charge in [0.05, 0.1) is 6.42 Å². The van der Waals surface area contributed by atoms with Gasteiger partial charge < -0.3 is 26.0 Å². The summed E-state index contributed by atoms with van der Waals surface area (Å²) in [6.45, 7) is 1.07. The quantitative estimate of drug-likeness (QED) is 0.339. The summed E-state index contributed by atoms with van der Waals surface area (Å²) in [6.07, 6.45) is -1.47. The fourth-order valence-electron chi connectivity index (χ4n) is 1.41. The van der Waals surface area contributed by atoms with Gasteiger partial charge in [0, 0.05) is 13.3 Å². The molecule has 0 saturated carbocycles. The van der Waals surface area contributed by atoms with Gasteiger partial charge in [-0.25, -0.2) is 9.59 Å². The van der Waals surface area contributed by atoms with E-state index in [2.05, 4.69) is 0 Å². The number of aliphatic carboxylic acids is 3. The third-order valence-corrected chi connectivity index (χ3v) is 2.35. The molecule has 0 aromatic rings. The van der Waals surface area contributed by atoms with Gasteiger partial charge in [-0.2, -0.15) is 0 Å². The Morgan fingerprint density at radius 1 is 0.905 bits per heavy atom. The molecule has 0 heterocycles. The molecule has 2 amide bonds. The zero-order valence-corrected chi connectivity index (χ0v) is 11.2. The number of carbonyl (C=O) groups is 5. The van der Waals surface area contributed by atoms with Gasteiger partial charge in [0.2, 0.25) is 11.8 Å². The molecule has 0 unspecified atom stereocenters. The van der Waals surface area contributed by atoms with E-state index in [0.717, 1.165) is 6.92 Å². The van der Waals surface area contributed by atoms with Crippen LogP contribution in [0.15, 0.2) is 0 Å². The molecule has 118 valence electrons. The van der Waals surface area contributed by atoms with Crippen molar-refractivity contribution in [3.63, 3.8) is 0 Å². The molecule has 0 rings (SSSR count). The van der Waals surface area contributed by atoms with E-state index in [1.165, 1.54) is 0 Å². The largest absolute Gasteiger partial charge is 0.481 e. The monoisotopic (exact) mass is 304 g/mol. The SMILES string of the molecule is CC(=O)N[C@H](CC(=O)N[C@H](CCC(=O)O)C(=O)O)C(=O)O. The van der Waals surface area contributed by atoms with Crippen molar-refractivity contribution in [2.24, 2.45) is 0 Å². The lowest BCUT2D eigenvalue weighted by atomic mass is 10.1. The molecule has 0 radical (unpaired) electrons.